The summed E-state index contributed by atoms with van der Waals surface area (Å²) in [5.41, 5.74) is 0.857. The molecule has 0 radical (unpaired) electrons. The van der Waals surface area contributed by atoms with Crippen LogP contribution in [0.1, 0.15) is 32.8 Å². The van der Waals surface area contributed by atoms with Crippen molar-refractivity contribution in [3.63, 3.8) is 0 Å². The summed E-state index contributed by atoms with van der Waals surface area (Å²) in [6.07, 6.45) is 0.409. The van der Waals surface area contributed by atoms with Gasteiger partial charge in [0.25, 0.3) is 0 Å². The van der Waals surface area contributed by atoms with E-state index in [-0.39, 0.29) is 36.6 Å². The molecule has 1 rings (SSSR count). The van der Waals surface area contributed by atoms with E-state index in [1.807, 2.05) is 13.8 Å². The number of rotatable bonds is 7. The minimum Gasteiger partial charge on any atom is -0.481 e. The van der Waals surface area contributed by atoms with Gasteiger partial charge in [-0.2, -0.15) is 0 Å². The van der Waals surface area contributed by atoms with E-state index in [4.69, 9.17) is 5.11 Å². The fourth-order valence-electron chi connectivity index (χ4n) is 2.23. The molecule has 0 saturated carbocycles. The summed E-state index contributed by atoms with van der Waals surface area (Å²) >= 11 is 3.13. The summed E-state index contributed by atoms with van der Waals surface area (Å²) < 4.78 is 13.6. The van der Waals surface area contributed by atoms with Gasteiger partial charge >= 0.3 is 5.97 Å². The minimum atomic E-state index is -0.923. The van der Waals surface area contributed by atoms with Gasteiger partial charge in [-0.1, -0.05) is 13.0 Å². The Balaban J connectivity index is 2.75. The maximum Gasteiger partial charge on any atom is 0.305 e. The Kier molecular flexibility index (Phi) is 7.00. The van der Waals surface area contributed by atoms with E-state index in [1.54, 1.807) is 24.0 Å². The molecule has 1 aromatic rings. The molecule has 1 atom stereocenters. The van der Waals surface area contributed by atoms with E-state index in [2.05, 4.69) is 15.9 Å². The van der Waals surface area contributed by atoms with Crippen LogP contribution < -0.4 is 0 Å². The molecule has 0 aliphatic heterocycles. The smallest absolute Gasteiger partial charge is 0.305 e. The number of hydrogen-bond donors (Lipinski definition) is 1. The summed E-state index contributed by atoms with van der Waals surface area (Å²) in [5.74, 6) is -1.65. The van der Waals surface area contributed by atoms with Gasteiger partial charge in [-0.15, -0.1) is 0 Å². The van der Waals surface area contributed by atoms with Gasteiger partial charge in [0.2, 0.25) is 5.91 Å². The third kappa shape index (κ3) is 5.40. The van der Waals surface area contributed by atoms with Crippen LogP contribution >= 0.6 is 15.9 Å². The van der Waals surface area contributed by atoms with Crippen LogP contribution in [0.5, 0.6) is 0 Å². The van der Waals surface area contributed by atoms with Crippen LogP contribution in [-0.2, 0) is 16.0 Å². The van der Waals surface area contributed by atoms with Gasteiger partial charge in [0.15, 0.2) is 0 Å². The first-order chi connectivity index (χ1) is 10.2. The van der Waals surface area contributed by atoms with E-state index in [0.29, 0.717) is 10.9 Å². The largest absolute Gasteiger partial charge is 0.481 e. The molecular formula is C16H21BrFNO3. The van der Waals surface area contributed by atoms with Gasteiger partial charge < -0.3 is 10.0 Å². The summed E-state index contributed by atoms with van der Waals surface area (Å²) in [6.45, 7) is 5.72. The third-order valence-electron chi connectivity index (χ3n) is 3.42. The number of amides is 1. The highest BCUT2D eigenvalue weighted by atomic mass is 79.9. The molecule has 0 spiro atoms. The second kappa shape index (κ2) is 8.27. The number of halogens is 2. The van der Waals surface area contributed by atoms with E-state index in [9.17, 15) is 14.0 Å². The predicted molar refractivity (Wildman–Crippen MR) is 86.1 cm³/mol. The average molecular weight is 374 g/mol. The molecule has 0 heterocycles. The van der Waals surface area contributed by atoms with E-state index in [1.165, 1.54) is 6.07 Å². The first kappa shape index (κ1) is 18.6. The molecule has 0 fully saturated rings. The van der Waals surface area contributed by atoms with Gasteiger partial charge in [-0.3, -0.25) is 9.59 Å². The predicted octanol–water partition coefficient (Wildman–Crippen LogP) is 3.48. The van der Waals surface area contributed by atoms with Crippen molar-refractivity contribution in [3.05, 3.63) is 34.1 Å². The summed E-state index contributed by atoms with van der Waals surface area (Å²) in [5, 5.41) is 8.78. The van der Waals surface area contributed by atoms with Crippen molar-refractivity contribution in [3.8, 4) is 0 Å². The normalized spacial score (nSPS) is 12.3. The second-order valence-electron chi connectivity index (χ2n) is 5.62. The SMILES string of the molecule is CC(Cc1ccc(F)c(Br)c1)C(=O)N(CCC(=O)O)C(C)C. The first-order valence-corrected chi connectivity index (χ1v) is 7.97. The van der Waals surface area contributed by atoms with Crippen LogP contribution in [0.15, 0.2) is 22.7 Å². The molecule has 0 aromatic heterocycles. The number of carbonyl (C=O) groups excluding carboxylic acids is 1. The molecule has 22 heavy (non-hydrogen) atoms. The highest BCUT2D eigenvalue weighted by Crippen LogP contribution is 2.20. The number of benzene rings is 1. The lowest BCUT2D eigenvalue weighted by Crippen LogP contribution is -2.42. The topological polar surface area (TPSA) is 57.6 Å². The lowest BCUT2D eigenvalue weighted by molar-refractivity contribution is -0.140. The molecule has 1 N–H and O–H groups in total. The van der Waals surface area contributed by atoms with Gasteiger partial charge in [-0.05, 0) is 53.9 Å². The maximum atomic E-state index is 13.2. The zero-order chi connectivity index (χ0) is 16.9. The van der Waals surface area contributed by atoms with E-state index < -0.39 is 5.97 Å². The van der Waals surface area contributed by atoms with Crippen molar-refractivity contribution in [1.29, 1.82) is 0 Å². The third-order valence-corrected chi connectivity index (χ3v) is 4.03. The molecule has 0 aliphatic carbocycles. The number of aliphatic carboxylic acids is 1. The van der Waals surface area contributed by atoms with Crippen molar-refractivity contribution >= 4 is 27.8 Å². The molecule has 122 valence electrons. The molecule has 1 amide bonds. The summed E-state index contributed by atoms with van der Waals surface area (Å²) in [6, 6.07) is 4.62. The van der Waals surface area contributed by atoms with Crippen LogP contribution in [0.4, 0.5) is 4.39 Å². The quantitative estimate of drug-likeness (QED) is 0.795. The van der Waals surface area contributed by atoms with Crippen molar-refractivity contribution in [2.24, 2.45) is 5.92 Å². The van der Waals surface area contributed by atoms with Crippen LogP contribution in [0.25, 0.3) is 0 Å². The zero-order valence-corrected chi connectivity index (χ0v) is 14.6. The van der Waals surface area contributed by atoms with Crippen LogP contribution in [0.3, 0.4) is 0 Å². The number of carboxylic acids is 1. The van der Waals surface area contributed by atoms with Crippen molar-refractivity contribution in [1.82, 2.24) is 4.90 Å². The van der Waals surface area contributed by atoms with Crippen LogP contribution in [0, 0.1) is 11.7 Å². The lowest BCUT2D eigenvalue weighted by atomic mass is 9.99. The van der Waals surface area contributed by atoms with E-state index >= 15 is 0 Å². The van der Waals surface area contributed by atoms with E-state index in [0.717, 1.165) is 5.56 Å². The Labute approximate surface area is 138 Å². The standard InChI is InChI=1S/C16H21BrFNO3/c1-10(2)19(7-6-15(20)21)16(22)11(3)8-12-4-5-14(18)13(17)9-12/h4-5,9-11H,6-8H2,1-3H3,(H,20,21). The minimum absolute atomic E-state index is 0.0609. The fraction of sp³-hybridized carbons (Fsp3) is 0.500. The van der Waals surface area contributed by atoms with Gasteiger partial charge in [0.05, 0.1) is 10.9 Å². The fourth-order valence-corrected chi connectivity index (χ4v) is 2.66. The van der Waals surface area contributed by atoms with Crippen molar-refractivity contribution in [2.75, 3.05) is 6.54 Å². The lowest BCUT2D eigenvalue weighted by Gasteiger charge is -2.29. The zero-order valence-electron chi connectivity index (χ0n) is 13.0. The molecule has 1 unspecified atom stereocenters. The molecule has 4 nitrogen and oxygen atoms in total. The maximum absolute atomic E-state index is 13.2. The molecule has 0 bridgehead atoms. The Bertz CT molecular complexity index is 548. The van der Waals surface area contributed by atoms with Gasteiger partial charge in [0, 0.05) is 18.5 Å². The molecule has 1 aromatic carbocycles. The summed E-state index contributed by atoms with van der Waals surface area (Å²) in [7, 11) is 0. The Morgan fingerprint density at radius 2 is 1.95 bits per heavy atom. The highest BCUT2D eigenvalue weighted by Gasteiger charge is 2.23. The Morgan fingerprint density at radius 3 is 2.45 bits per heavy atom. The van der Waals surface area contributed by atoms with Crippen LogP contribution in [-0.4, -0.2) is 34.5 Å². The highest BCUT2D eigenvalue weighted by molar-refractivity contribution is 9.10. The Hall–Kier alpha value is -1.43. The average Bonchev–Trinajstić information content (AvgIpc) is 2.42. The van der Waals surface area contributed by atoms with Crippen LogP contribution in [0.2, 0.25) is 0 Å². The van der Waals surface area contributed by atoms with Gasteiger partial charge in [-0.25, -0.2) is 4.39 Å². The monoisotopic (exact) mass is 373 g/mol. The van der Waals surface area contributed by atoms with Crippen molar-refractivity contribution in [2.45, 2.75) is 39.7 Å². The molecule has 0 aliphatic rings. The van der Waals surface area contributed by atoms with Gasteiger partial charge in [0.1, 0.15) is 5.82 Å². The number of carboxylic acid groups (broad SMARTS) is 1. The molecular weight excluding hydrogens is 353 g/mol. The second-order valence-corrected chi connectivity index (χ2v) is 6.48. The number of hydrogen-bond acceptors (Lipinski definition) is 2. The Morgan fingerprint density at radius 1 is 1.32 bits per heavy atom. The number of nitrogens with zero attached hydrogens (tertiary/aromatic N) is 1. The first-order valence-electron chi connectivity index (χ1n) is 7.18. The summed E-state index contributed by atoms with van der Waals surface area (Å²) in [4.78, 5) is 24.8. The van der Waals surface area contributed by atoms with Crippen molar-refractivity contribution < 1.29 is 19.1 Å². The molecule has 0 saturated heterocycles. The molecule has 6 heteroatoms. The number of carbonyl (C=O) groups is 2.